The predicted octanol–water partition coefficient (Wildman–Crippen LogP) is 3.32. The standard InChI is InChI=1S/C19H17N3O5S2/c23-19(20-13-17-4-2-10-28-17)11-14-6-8-15(9-7-14)21-29(26,27)18-5-1-3-16(12-18)22(24)25/h1-10,12,21H,11,13H2,(H,20,23). The van der Waals surface area contributed by atoms with E-state index < -0.39 is 14.9 Å². The van der Waals surface area contributed by atoms with E-state index in [-0.39, 0.29) is 22.9 Å². The van der Waals surface area contributed by atoms with Crippen molar-refractivity contribution in [1.29, 1.82) is 0 Å². The van der Waals surface area contributed by atoms with E-state index in [1.54, 1.807) is 23.5 Å². The number of anilines is 1. The minimum atomic E-state index is -3.97. The average molecular weight is 431 g/mol. The van der Waals surface area contributed by atoms with Gasteiger partial charge in [-0.2, -0.15) is 0 Å². The van der Waals surface area contributed by atoms with Gasteiger partial charge in [0.2, 0.25) is 5.91 Å². The summed E-state index contributed by atoms with van der Waals surface area (Å²) in [5, 5.41) is 15.6. The molecule has 29 heavy (non-hydrogen) atoms. The van der Waals surface area contributed by atoms with Gasteiger partial charge in [-0.1, -0.05) is 24.3 Å². The topological polar surface area (TPSA) is 118 Å². The molecule has 3 aromatic rings. The van der Waals surface area contributed by atoms with Gasteiger partial charge in [0.05, 0.1) is 22.8 Å². The summed E-state index contributed by atoms with van der Waals surface area (Å²) in [5.41, 5.74) is 0.711. The molecule has 8 nitrogen and oxygen atoms in total. The van der Waals surface area contributed by atoms with Crippen LogP contribution in [0.15, 0.2) is 70.9 Å². The van der Waals surface area contributed by atoms with Gasteiger partial charge in [0, 0.05) is 22.7 Å². The second kappa shape index (κ2) is 8.84. The number of carbonyl (C=O) groups is 1. The molecular formula is C19H17N3O5S2. The Balaban J connectivity index is 1.61. The quantitative estimate of drug-likeness (QED) is 0.419. The molecule has 0 bridgehead atoms. The summed E-state index contributed by atoms with van der Waals surface area (Å²) in [6, 6.07) is 15.0. The average Bonchev–Trinajstić information content (AvgIpc) is 3.21. The van der Waals surface area contributed by atoms with Crippen LogP contribution in [0.3, 0.4) is 0 Å². The summed E-state index contributed by atoms with van der Waals surface area (Å²) in [6.07, 6.45) is 0.170. The van der Waals surface area contributed by atoms with E-state index in [4.69, 9.17) is 0 Å². The maximum absolute atomic E-state index is 12.4. The van der Waals surface area contributed by atoms with Crippen molar-refractivity contribution < 1.29 is 18.1 Å². The first-order valence-electron chi connectivity index (χ1n) is 8.49. The number of nitrogens with zero attached hydrogens (tertiary/aromatic N) is 1. The Labute approximate surface area is 171 Å². The molecule has 0 aliphatic rings. The van der Waals surface area contributed by atoms with E-state index in [0.717, 1.165) is 16.5 Å². The minimum absolute atomic E-state index is 0.136. The van der Waals surface area contributed by atoms with Gasteiger partial charge in [-0.05, 0) is 35.2 Å². The molecule has 1 aromatic heterocycles. The highest BCUT2D eigenvalue weighted by atomic mass is 32.2. The number of rotatable bonds is 8. The van der Waals surface area contributed by atoms with E-state index >= 15 is 0 Å². The van der Waals surface area contributed by atoms with Gasteiger partial charge in [0.1, 0.15) is 0 Å². The number of nitro groups is 1. The fourth-order valence-electron chi connectivity index (χ4n) is 2.52. The lowest BCUT2D eigenvalue weighted by atomic mass is 10.1. The van der Waals surface area contributed by atoms with Crippen LogP contribution in [0.25, 0.3) is 0 Å². The molecule has 10 heteroatoms. The molecule has 0 unspecified atom stereocenters. The first kappa shape index (κ1) is 20.5. The number of amides is 1. The van der Waals surface area contributed by atoms with E-state index in [1.165, 1.54) is 30.3 Å². The number of non-ortho nitro benzene ring substituents is 1. The number of hydrogen-bond donors (Lipinski definition) is 2. The van der Waals surface area contributed by atoms with Crippen LogP contribution in [-0.4, -0.2) is 19.2 Å². The second-order valence-corrected chi connectivity index (χ2v) is 8.80. The number of hydrogen-bond acceptors (Lipinski definition) is 6. The first-order valence-corrected chi connectivity index (χ1v) is 10.8. The van der Waals surface area contributed by atoms with Crippen molar-refractivity contribution in [2.45, 2.75) is 17.9 Å². The van der Waals surface area contributed by atoms with Crippen molar-refractivity contribution in [1.82, 2.24) is 5.32 Å². The largest absolute Gasteiger partial charge is 0.351 e. The van der Waals surface area contributed by atoms with Crippen LogP contribution < -0.4 is 10.0 Å². The van der Waals surface area contributed by atoms with Gasteiger partial charge < -0.3 is 5.32 Å². The first-order chi connectivity index (χ1) is 13.8. The normalized spacial score (nSPS) is 11.0. The van der Waals surface area contributed by atoms with Crippen LogP contribution in [0.5, 0.6) is 0 Å². The fourth-order valence-corrected chi connectivity index (χ4v) is 4.26. The summed E-state index contributed by atoms with van der Waals surface area (Å²) in [5.74, 6) is -0.136. The molecule has 150 valence electrons. The molecule has 0 aliphatic heterocycles. The smallest absolute Gasteiger partial charge is 0.270 e. The Morgan fingerprint density at radius 3 is 2.48 bits per heavy atom. The van der Waals surface area contributed by atoms with Crippen molar-refractivity contribution in [3.05, 3.63) is 86.6 Å². The Morgan fingerprint density at radius 2 is 1.83 bits per heavy atom. The van der Waals surface area contributed by atoms with Crippen molar-refractivity contribution in [2.24, 2.45) is 0 Å². The van der Waals surface area contributed by atoms with Crippen LogP contribution in [0, 0.1) is 10.1 Å². The highest BCUT2D eigenvalue weighted by Gasteiger charge is 2.17. The van der Waals surface area contributed by atoms with Gasteiger partial charge >= 0.3 is 0 Å². The Morgan fingerprint density at radius 1 is 1.07 bits per heavy atom. The summed E-state index contributed by atoms with van der Waals surface area (Å²) in [4.78, 5) is 23.1. The van der Waals surface area contributed by atoms with Crippen molar-refractivity contribution in [2.75, 3.05) is 4.72 Å². The number of thiophene rings is 1. The van der Waals surface area contributed by atoms with E-state index in [1.807, 2.05) is 17.5 Å². The molecule has 2 aromatic carbocycles. The van der Waals surface area contributed by atoms with Gasteiger partial charge in [-0.15, -0.1) is 11.3 Å². The molecule has 1 heterocycles. The maximum Gasteiger partial charge on any atom is 0.270 e. The summed E-state index contributed by atoms with van der Waals surface area (Å²) in [6.45, 7) is 0.470. The maximum atomic E-state index is 12.4. The molecule has 0 aliphatic carbocycles. The lowest BCUT2D eigenvalue weighted by molar-refractivity contribution is -0.385. The van der Waals surface area contributed by atoms with Gasteiger partial charge in [-0.3, -0.25) is 19.6 Å². The summed E-state index contributed by atoms with van der Waals surface area (Å²) < 4.78 is 27.3. The van der Waals surface area contributed by atoms with Crippen LogP contribution in [0.4, 0.5) is 11.4 Å². The molecule has 0 atom stereocenters. The third kappa shape index (κ3) is 5.62. The highest BCUT2D eigenvalue weighted by molar-refractivity contribution is 7.92. The van der Waals surface area contributed by atoms with E-state index in [9.17, 15) is 23.3 Å². The molecule has 0 fully saturated rings. The summed E-state index contributed by atoms with van der Waals surface area (Å²) in [7, 11) is -3.97. The number of carbonyl (C=O) groups excluding carboxylic acids is 1. The van der Waals surface area contributed by atoms with E-state index in [2.05, 4.69) is 10.0 Å². The molecule has 0 radical (unpaired) electrons. The number of sulfonamides is 1. The molecule has 0 spiro atoms. The van der Waals surface area contributed by atoms with Gasteiger partial charge in [0.25, 0.3) is 15.7 Å². The zero-order chi connectivity index (χ0) is 20.9. The minimum Gasteiger partial charge on any atom is -0.351 e. The lowest BCUT2D eigenvalue weighted by Gasteiger charge is -2.09. The van der Waals surface area contributed by atoms with Crippen LogP contribution in [-0.2, 0) is 27.8 Å². The Hall–Kier alpha value is -3.24. The molecule has 2 N–H and O–H groups in total. The van der Waals surface area contributed by atoms with Crippen LogP contribution in [0.1, 0.15) is 10.4 Å². The van der Waals surface area contributed by atoms with Gasteiger partial charge in [0.15, 0.2) is 0 Å². The Bertz CT molecular complexity index is 1110. The lowest BCUT2D eigenvalue weighted by Crippen LogP contribution is -2.24. The van der Waals surface area contributed by atoms with Crippen LogP contribution >= 0.6 is 11.3 Å². The van der Waals surface area contributed by atoms with Crippen molar-refractivity contribution in [3.8, 4) is 0 Å². The number of benzene rings is 2. The molecular weight excluding hydrogens is 414 g/mol. The molecule has 3 rings (SSSR count). The predicted molar refractivity (Wildman–Crippen MR) is 110 cm³/mol. The molecule has 0 saturated heterocycles. The highest BCUT2D eigenvalue weighted by Crippen LogP contribution is 2.21. The van der Waals surface area contributed by atoms with Crippen molar-refractivity contribution in [3.63, 3.8) is 0 Å². The second-order valence-electron chi connectivity index (χ2n) is 6.09. The third-order valence-corrected chi connectivity index (χ3v) is 6.20. The molecule has 1 amide bonds. The zero-order valence-corrected chi connectivity index (χ0v) is 16.7. The van der Waals surface area contributed by atoms with Gasteiger partial charge in [-0.25, -0.2) is 8.42 Å². The number of nitrogens with one attached hydrogen (secondary N) is 2. The van der Waals surface area contributed by atoms with Crippen molar-refractivity contribution >= 4 is 38.6 Å². The monoisotopic (exact) mass is 431 g/mol. The Kier molecular flexibility index (Phi) is 6.25. The van der Waals surface area contributed by atoms with E-state index in [0.29, 0.717) is 12.2 Å². The number of nitro benzene ring substituents is 1. The summed E-state index contributed by atoms with van der Waals surface area (Å²) >= 11 is 1.56. The van der Waals surface area contributed by atoms with Crippen LogP contribution in [0.2, 0.25) is 0 Å². The molecule has 0 saturated carbocycles. The third-order valence-electron chi connectivity index (χ3n) is 3.95. The fraction of sp³-hybridized carbons (Fsp3) is 0.105. The SMILES string of the molecule is O=C(Cc1ccc(NS(=O)(=O)c2cccc([N+](=O)[O-])c2)cc1)NCc1cccs1. The zero-order valence-electron chi connectivity index (χ0n) is 15.1.